The average Bonchev–Trinajstić information content (AvgIpc) is 3.48. The molecule has 0 radical (unpaired) electrons. The minimum absolute atomic E-state index is 0.0153. The summed E-state index contributed by atoms with van der Waals surface area (Å²) in [7, 11) is -3.60. The molecule has 2 aliphatic rings. The molecule has 3 atom stereocenters. The number of aryl methyl sites for hydroxylation is 1. The summed E-state index contributed by atoms with van der Waals surface area (Å²) in [5.41, 5.74) is 3.13. The number of amides is 1. The highest BCUT2D eigenvalue weighted by atomic mass is 32.2. The zero-order chi connectivity index (χ0) is 38.0. The monoisotopic (exact) mass is 750 g/mol. The van der Waals surface area contributed by atoms with E-state index in [4.69, 9.17) is 19.8 Å². The van der Waals surface area contributed by atoms with Gasteiger partial charge in [-0.15, -0.1) is 0 Å². The lowest BCUT2D eigenvalue weighted by Gasteiger charge is -2.35. The van der Waals surface area contributed by atoms with Crippen molar-refractivity contribution in [1.29, 1.82) is 0 Å². The molecule has 0 spiro atoms. The third-order valence-electron chi connectivity index (χ3n) is 7.74. The summed E-state index contributed by atoms with van der Waals surface area (Å²) < 4.78 is 105. The average molecular weight is 751 g/mol. The molecule has 5 rings (SSSR count). The van der Waals surface area contributed by atoms with Gasteiger partial charge in [0.2, 0.25) is 15.9 Å². The van der Waals surface area contributed by atoms with Crippen LogP contribution in [0.5, 0.6) is 0 Å². The Kier molecular flexibility index (Phi) is 14.0. The number of nitrogens with one attached hydrogen (secondary N) is 2. The van der Waals surface area contributed by atoms with Gasteiger partial charge in [-0.1, -0.05) is 30.3 Å². The Morgan fingerprint density at radius 3 is 2.10 bits per heavy atom. The minimum Gasteiger partial charge on any atom is -0.475 e. The Balaban J connectivity index is 0.000000424. The van der Waals surface area contributed by atoms with Crippen LogP contribution in [0.3, 0.4) is 0 Å². The van der Waals surface area contributed by atoms with E-state index in [1.807, 2.05) is 29.3 Å². The Morgan fingerprint density at radius 2 is 1.53 bits per heavy atom. The summed E-state index contributed by atoms with van der Waals surface area (Å²) in [6.07, 6.45) is -3.83. The Labute approximate surface area is 287 Å². The van der Waals surface area contributed by atoms with Gasteiger partial charge in [0.15, 0.2) is 0 Å². The number of fused-ring (bicyclic) bond motifs is 1. The molecule has 278 valence electrons. The van der Waals surface area contributed by atoms with Gasteiger partial charge in [-0.2, -0.15) is 26.3 Å². The number of hydrogen-bond acceptors (Lipinski definition) is 7. The van der Waals surface area contributed by atoms with Gasteiger partial charge >= 0.3 is 24.3 Å². The van der Waals surface area contributed by atoms with Crippen LogP contribution in [0.15, 0.2) is 78.0 Å². The number of aliphatic carboxylic acids is 2. The fraction of sp³-hybridized carbons (Fsp3) is 0.375. The predicted molar refractivity (Wildman–Crippen MR) is 166 cm³/mol. The predicted octanol–water partition coefficient (Wildman–Crippen LogP) is 4.30. The molecule has 51 heavy (non-hydrogen) atoms. The molecular formula is C32H33F7N4O7S. The summed E-state index contributed by atoms with van der Waals surface area (Å²) in [5, 5.41) is 17.5. The van der Waals surface area contributed by atoms with Crippen LogP contribution in [0.1, 0.15) is 35.4 Å². The number of rotatable bonds is 8. The number of carboxylic acids is 2. The van der Waals surface area contributed by atoms with Gasteiger partial charge in [0.25, 0.3) is 0 Å². The normalized spacial score (nSPS) is 19.0. The third kappa shape index (κ3) is 12.9. The van der Waals surface area contributed by atoms with E-state index in [-0.39, 0.29) is 41.2 Å². The minimum atomic E-state index is -5.08. The lowest BCUT2D eigenvalue weighted by atomic mass is 9.76. The van der Waals surface area contributed by atoms with Gasteiger partial charge in [0.05, 0.1) is 11.4 Å². The van der Waals surface area contributed by atoms with Gasteiger partial charge in [-0.25, -0.2) is 27.1 Å². The molecule has 1 aromatic heterocycles. The van der Waals surface area contributed by atoms with Crippen molar-refractivity contribution in [3.8, 4) is 0 Å². The number of nitrogens with zero attached hydrogens (tertiary/aromatic N) is 2. The van der Waals surface area contributed by atoms with E-state index >= 15 is 0 Å². The van der Waals surface area contributed by atoms with Gasteiger partial charge in [0.1, 0.15) is 5.82 Å². The summed E-state index contributed by atoms with van der Waals surface area (Å²) in [5.74, 6) is -5.83. The molecular weight excluding hydrogens is 717 g/mol. The molecule has 0 saturated carbocycles. The molecule has 19 heteroatoms. The maximum atomic E-state index is 13.9. The first-order valence-corrected chi connectivity index (χ1v) is 16.6. The Morgan fingerprint density at radius 1 is 0.902 bits per heavy atom. The number of halogens is 7. The van der Waals surface area contributed by atoms with Crippen LogP contribution in [0.4, 0.5) is 30.7 Å². The highest BCUT2D eigenvalue weighted by Crippen LogP contribution is 2.35. The fourth-order valence-corrected chi connectivity index (χ4v) is 6.78. The van der Waals surface area contributed by atoms with Gasteiger partial charge < -0.3 is 15.5 Å². The smallest absolute Gasteiger partial charge is 0.475 e. The van der Waals surface area contributed by atoms with Crippen molar-refractivity contribution in [1.82, 2.24) is 19.9 Å². The highest BCUT2D eigenvalue weighted by molar-refractivity contribution is 7.89. The maximum Gasteiger partial charge on any atom is 0.490 e. The first-order valence-electron chi connectivity index (χ1n) is 15.1. The van der Waals surface area contributed by atoms with Crippen LogP contribution >= 0.6 is 0 Å². The maximum absolute atomic E-state index is 13.9. The number of pyridine rings is 1. The second-order valence-corrected chi connectivity index (χ2v) is 13.2. The van der Waals surface area contributed by atoms with E-state index in [2.05, 4.69) is 15.0 Å². The number of aromatic nitrogens is 1. The van der Waals surface area contributed by atoms with Crippen LogP contribution in [-0.4, -0.2) is 90.4 Å². The van der Waals surface area contributed by atoms with E-state index in [9.17, 15) is 43.9 Å². The van der Waals surface area contributed by atoms with E-state index < -0.39 is 34.3 Å². The molecule has 1 fully saturated rings. The molecule has 1 unspecified atom stereocenters. The van der Waals surface area contributed by atoms with E-state index in [0.717, 1.165) is 23.1 Å². The van der Waals surface area contributed by atoms with Crippen molar-refractivity contribution in [2.75, 3.05) is 19.6 Å². The topological polar surface area (TPSA) is 166 Å². The van der Waals surface area contributed by atoms with Crippen LogP contribution in [0, 0.1) is 5.82 Å². The van der Waals surface area contributed by atoms with Crippen molar-refractivity contribution in [3.05, 3.63) is 95.6 Å². The van der Waals surface area contributed by atoms with Crippen LogP contribution in [0.25, 0.3) is 0 Å². The molecule has 2 heterocycles. The first kappa shape index (κ1) is 40.8. The SMILES string of the molecule is O=C(CN1CCC(NS(=O)(=O)c2ccccc2)C1)N[C@H]1CCc2cc(F)ccc2[C@H]1Cc1cccnc1.O=C(O)C(F)(F)F.O=C(O)C(F)(F)F. The number of alkyl halides is 6. The molecule has 1 aliphatic heterocycles. The molecule has 0 bridgehead atoms. The molecule has 1 amide bonds. The Hall–Kier alpha value is -4.62. The largest absolute Gasteiger partial charge is 0.490 e. The number of carbonyl (C=O) groups excluding carboxylic acids is 1. The molecule has 2 aromatic carbocycles. The number of carboxylic acid groups (broad SMARTS) is 2. The van der Waals surface area contributed by atoms with E-state index in [1.165, 1.54) is 6.07 Å². The van der Waals surface area contributed by atoms with Crippen molar-refractivity contribution in [2.45, 2.75) is 60.9 Å². The number of sulfonamides is 1. The number of benzene rings is 2. The van der Waals surface area contributed by atoms with E-state index in [1.54, 1.807) is 42.6 Å². The standard InChI is InChI=1S/C28H31FN4O3S.2C2HF3O2/c29-22-9-10-25-21(16-22)8-11-27(26(25)15-20-5-4-13-30-17-20)31-28(34)19-33-14-12-23(18-33)32-37(35,36)24-6-2-1-3-7-24;2*3-2(4,5)1(6)7/h1-7,9-10,13,16-17,23,26-27,32H,8,11-12,14-15,18-19H2,(H,31,34);2*(H,6,7)/t23?,26-,27+;;/m1../s1. The van der Waals surface area contributed by atoms with E-state index in [0.29, 0.717) is 32.4 Å². The summed E-state index contributed by atoms with van der Waals surface area (Å²) >= 11 is 0. The van der Waals surface area contributed by atoms with Gasteiger partial charge in [-0.3, -0.25) is 14.7 Å². The van der Waals surface area contributed by atoms with Crippen molar-refractivity contribution in [2.24, 2.45) is 0 Å². The van der Waals surface area contributed by atoms with Crippen molar-refractivity contribution >= 4 is 27.9 Å². The summed E-state index contributed by atoms with van der Waals surface area (Å²) in [4.78, 5) is 37.3. The molecule has 1 saturated heterocycles. The second-order valence-electron chi connectivity index (χ2n) is 11.5. The number of carbonyl (C=O) groups is 3. The third-order valence-corrected chi connectivity index (χ3v) is 9.28. The van der Waals surface area contributed by atoms with Gasteiger partial charge in [0, 0.05) is 43.5 Å². The molecule has 3 aromatic rings. The summed E-state index contributed by atoms with van der Waals surface area (Å²) in [6, 6.07) is 16.8. The lowest BCUT2D eigenvalue weighted by Crippen LogP contribution is -2.46. The summed E-state index contributed by atoms with van der Waals surface area (Å²) in [6.45, 7) is 1.32. The van der Waals surface area contributed by atoms with Crippen molar-refractivity contribution < 1.29 is 63.7 Å². The Bertz CT molecular complexity index is 1720. The van der Waals surface area contributed by atoms with Crippen LogP contribution in [0.2, 0.25) is 0 Å². The zero-order valence-corrected chi connectivity index (χ0v) is 27.3. The second kappa shape index (κ2) is 17.5. The lowest BCUT2D eigenvalue weighted by molar-refractivity contribution is -0.193. The highest BCUT2D eigenvalue weighted by Gasteiger charge is 2.39. The number of likely N-dealkylation sites (tertiary alicyclic amines) is 1. The first-order chi connectivity index (χ1) is 23.8. The fourth-order valence-electron chi connectivity index (χ4n) is 5.49. The number of hydrogen-bond donors (Lipinski definition) is 4. The van der Waals surface area contributed by atoms with Crippen molar-refractivity contribution in [3.63, 3.8) is 0 Å². The molecule has 1 aliphatic carbocycles. The van der Waals surface area contributed by atoms with Crippen LogP contribution < -0.4 is 10.0 Å². The quantitative estimate of drug-likeness (QED) is 0.246. The molecule has 4 N–H and O–H groups in total. The molecule has 11 nitrogen and oxygen atoms in total. The van der Waals surface area contributed by atoms with Gasteiger partial charge in [-0.05, 0) is 72.7 Å². The van der Waals surface area contributed by atoms with Crippen LogP contribution in [-0.2, 0) is 37.2 Å². The zero-order valence-electron chi connectivity index (χ0n) is 26.5.